The van der Waals surface area contributed by atoms with E-state index in [1.54, 1.807) is 17.8 Å². The number of carbonyl (C=O) groups excluding carboxylic acids is 2. The average Bonchev–Trinajstić information content (AvgIpc) is 3.27. The summed E-state index contributed by atoms with van der Waals surface area (Å²) in [6.45, 7) is 0. The van der Waals surface area contributed by atoms with Crippen molar-refractivity contribution >= 4 is 40.9 Å². The Bertz CT molecular complexity index is 1050. The highest BCUT2D eigenvalue weighted by Crippen LogP contribution is 2.53. The summed E-state index contributed by atoms with van der Waals surface area (Å²) in [5.74, 6) is -1.11. The number of hydrogen-bond donors (Lipinski definition) is 4. The molecule has 0 saturated heterocycles. The third-order valence-electron chi connectivity index (χ3n) is 6.31. The number of nitrogens with one attached hydrogen (secondary N) is 2. The van der Waals surface area contributed by atoms with Crippen LogP contribution in [0.25, 0.3) is 0 Å². The zero-order valence-corrected chi connectivity index (χ0v) is 16.7. The number of benzene rings is 1. The minimum absolute atomic E-state index is 0.0242. The Morgan fingerprint density at radius 1 is 1.33 bits per heavy atom. The number of amides is 1. The van der Waals surface area contributed by atoms with Gasteiger partial charge in [0.15, 0.2) is 17.4 Å². The van der Waals surface area contributed by atoms with E-state index in [9.17, 15) is 19.1 Å². The molecular formula is C20H20FN5O3S. The number of fused-ring (bicyclic) bond motifs is 5. The average molecular weight is 429 g/mol. The van der Waals surface area contributed by atoms with Crippen LogP contribution in [0, 0.1) is 23.6 Å². The Morgan fingerprint density at radius 3 is 2.97 bits per heavy atom. The first-order valence-corrected chi connectivity index (χ1v) is 10.8. The van der Waals surface area contributed by atoms with Gasteiger partial charge in [-0.05, 0) is 42.9 Å². The summed E-state index contributed by atoms with van der Waals surface area (Å²) in [6.07, 6.45) is 2.63. The van der Waals surface area contributed by atoms with Gasteiger partial charge in [0.2, 0.25) is 11.9 Å². The van der Waals surface area contributed by atoms with Crippen LogP contribution in [-0.4, -0.2) is 43.8 Å². The van der Waals surface area contributed by atoms with E-state index in [1.165, 1.54) is 12.1 Å². The lowest BCUT2D eigenvalue weighted by Crippen LogP contribution is -2.46. The van der Waals surface area contributed by atoms with Gasteiger partial charge in [0.05, 0.1) is 23.6 Å². The summed E-state index contributed by atoms with van der Waals surface area (Å²) in [6, 6.07) is 4.18. The number of halogens is 1. The van der Waals surface area contributed by atoms with Crippen molar-refractivity contribution in [3.8, 4) is 5.75 Å². The normalized spacial score (nSPS) is 29.6. The number of Topliss-reactive ketones (excluding diaryl/α,β-unsaturated/α-hetero) is 1. The molecule has 0 radical (unpaired) electrons. The Balaban J connectivity index is 1.58. The third kappa shape index (κ3) is 3.15. The van der Waals surface area contributed by atoms with Crippen LogP contribution in [0.15, 0.2) is 24.4 Å². The second-order valence-corrected chi connectivity index (χ2v) is 9.24. The molecule has 1 amide bonds. The molecule has 2 saturated carbocycles. The number of aromatic hydroxyl groups is 1. The minimum Gasteiger partial charge on any atom is -0.506 e. The number of carbonyl (C=O) groups is 2. The van der Waals surface area contributed by atoms with Gasteiger partial charge in [-0.2, -0.15) is 4.98 Å². The zero-order valence-electron chi connectivity index (χ0n) is 15.8. The van der Waals surface area contributed by atoms with Crippen molar-refractivity contribution in [2.75, 3.05) is 16.4 Å². The molecule has 0 unspecified atom stereocenters. The Kier molecular flexibility index (Phi) is 4.53. The first-order chi connectivity index (χ1) is 14.4. The van der Waals surface area contributed by atoms with Crippen molar-refractivity contribution < 1.29 is 19.1 Å². The van der Waals surface area contributed by atoms with E-state index >= 15 is 0 Å². The molecular weight excluding hydrogens is 409 g/mol. The maximum atomic E-state index is 14.5. The van der Waals surface area contributed by atoms with E-state index in [-0.39, 0.29) is 57.9 Å². The lowest BCUT2D eigenvalue weighted by Gasteiger charge is -2.35. The van der Waals surface area contributed by atoms with Crippen LogP contribution in [0.5, 0.6) is 5.75 Å². The van der Waals surface area contributed by atoms with Crippen LogP contribution in [0.4, 0.5) is 21.8 Å². The third-order valence-corrected chi connectivity index (χ3v) is 7.71. The minimum atomic E-state index is -0.643. The van der Waals surface area contributed by atoms with Gasteiger partial charge in [-0.3, -0.25) is 9.59 Å². The molecule has 2 fully saturated rings. The highest BCUT2D eigenvalue weighted by molar-refractivity contribution is 8.00. The van der Waals surface area contributed by atoms with Crippen LogP contribution in [0.1, 0.15) is 23.2 Å². The fourth-order valence-electron chi connectivity index (χ4n) is 4.98. The number of rotatable bonds is 1. The van der Waals surface area contributed by atoms with E-state index in [4.69, 9.17) is 5.73 Å². The van der Waals surface area contributed by atoms with Crippen LogP contribution < -0.4 is 16.4 Å². The van der Waals surface area contributed by atoms with Gasteiger partial charge < -0.3 is 21.5 Å². The van der Waals surface area contributed by atoms with Crippen molar-refractivity contribution in [3.05, 3.63) is 35.8 Å². The fourth-order valence-corrected chi connectivity index (χ4v) is 6.42. The second kappa shape index (κ2) is 7.12. The maximum Gasteiger partial charge on any atom is 0.229 e. The standard InChI is InChI=1S/C20H20FN5O3S/c21-11-6-23-20-24-12-4-8(1-2-13(12)27)14(28)7-30-15-5-9-3-10(15)17(16(9)18(22)29)25-19(11)26-20/h1-2,4,6,9-10,15-17,27H,3,5,7H2,(H2,22,29)(H2,23,24,25,26)/t9-,10+,15+,16-,17+/m0/s1. The number of thioether (sulfide) groups is 1. The summed E-state index contributed by atoms with van der Waals surface area (Å²) in [7, 11) is 0. The van der Waals surface area contributed by atoms with Crippen molar-refractivity contribution in [1.29, 1.82) is 0 Å². The molecule has 2 aliphatic carbocycles. The number of nitrogens with zero attached hydrogens (tertiary/aromatic N) is 2. The predicted molar refractivity (Wildman–Crippen MR) is 110 cm³/mol. The molecule has 156 valence electrons. The molecule has 1 aromatic carbocycles. The SMILES string of the molecule is NC(=O)[C@H]1[C@H]2C[C@H]3[C@H]1Nc1nc(ncc1F)Nc1cc(ccc1O)C(=O)CS[C@@H]3C2. The summed E-state index contributed by atoms with van der Waals surface area (Å²) in [5.41, 5.74) is 6.37. The van der Waals surface area contributed by atoms with E-state index in [0.29, 0.717) is 5.56 Å². The van der Waals surface area contributed by atoms with Crippen LogP contribution >= 0.6 is 11.8 Å². The summed E-state index contributed by atoms with van der Waals surface area (Å²) in [5, 5.41) is 16.2. The van der Waals surface area contributed by atoms with Crippen LogP contribution in [0.2, 0.25) is 0 Å². The quantitative estimate of drug-likeness (QED) is 0.508. The van der Waals surface area contributed by atoms with Crippen LogP contribution in [-0.2, 0) is 4.79 Å². The molecule has 6 bridgehead atoms. The Morgan fingerprint density at radius 2 is 2.17 bits per heavy atom. The first-order valence-electron chi connectivity index (χ1n) is 9.74. The molecule has 5 N–H and O–H groups in total. The van der Waals surface area contributed by atoms with E-state index < -0.39 is 17.6 Å². The number of ketones is 1. The zero-order chi connectivity index (χ0) is 21.0. The van der Waals surface area contributed by atoms with Gasteiger partial charge in [-0.1, -0.05) is 0 Å². The van der Waals surface area contributed by atoms with Crippen molar-refractivity contribution in [2.24, 2.45) is 23.5 Å². The topological polar surface area (TPSA) is 130 Å². The van der Waals surface area contributed by atoms with Gasteiger partial charge in [0.1, 0.15) is 5.75 Å². The number of aromatic nitrogens is 2. The molecule has 0 spiro atoms. The van der Waals surface area contributed by atoms with Gasteiger partial charge in [-0.15, -0.1) is 11.8 Å². The van der Waals surface area contributed by atoms with Crippen molar-refractivity contribution in [2.45, 2.75) is 24.1 Å². The van der Waals surface area contributed by atoms with Crippen LogP contribution in [0.3, 0.4) is 0 Å². The molecule has 3 aliphatic rings. The molecule has 1 aromatic heterocycles. The molecule has 2 heterocycles. The van der Waals surface area contributed by atoms with Gasteiger partial charge in [0.25, 0.3) is 0 Å². The van der Waals surface area contributed by atoms with Crippen molar-refractivity contribution in [1.82, 2.24) is 9.97 Å². The number of nitrogens with two attached hydrogens (primary N) is 1. The molecule has 8 nitrogen and oxygen atoms in total. The summed E-state index contributed by atoms with van der Waals surface area (Å²) < 4.78 is 14.5. The van der Waals surface area contributed by atoms with Gasteiger partial charge in [-0.25, -0.2) is 9.37 Å². The van der Waals surface area contributed by atoms with E-state index in [0.717, 1.165) is 19.0 Å². The highest BCUT2D eigenvalue weighted by atomic mass is 32.2. The monoisotopic (exact) mass is 429 g/mol. The first kappa shape index (κ1) is 19.1. The number of phenols is 1. The number of hydrogen-bond acceptors (Lipinski definition) is 8. The maximum absolute atomic E-state index is 14.5. The molecule has 5 rings (SSSR count). The Hall–Kier alpha value is -2.88. The predicted octanol–water partition coefficient (Wildman–Crippen LogP) is 2.28. The summed E-state index contributed by atoms with van der Waals surface area (Å²) in [4.78, 5) is 33.0. The highest BCUT2D eigenvalue weighted by Gasteiger charge is 2.55. The number of phenolic OH excluding ortho intramolecular Hbond substituents is 1. The number of anilines is 3. The Labute approximate surface area is 175 Å². The lowest BCUT2D eigenvalue weighted by molar-refractivity contribution is -0.123. The second-order valence-electron chi connectivity index (χ2n) is 8.01. The molecule has 2 aromatic rings. The molecule has 1 aliphatic heterocycles. The molecule has 5 atom stereocenters. The number of primary amides is 1. The van der Waals surface area contributed by atoms with Gasteiger partial charge >= 0.3 is 0 Å². The smallest absolute Gasteiger partial charge is 0.229 e. The summed E-state index contributed by atoms with van der Waals surface area (Å²) >= 11 is 1.56. The molecule has 30 heavy (non-hydrogen) atoms. The fraction of sp³-hybridized carbons (Fsp3) is 0.400. The lowest BCUT2D eigenvalue weighted by atomic mass is 9.83. The largest absolute Gasteiger partial charge is 0.506 e. The van der Waals surface area contributed by atoms with Gasteiger partial charge in [0, 0.05) is 16.9 Å². The molecule has 10 heteroatoms. The van der Waals surface area contributed by atoms with E-state index in [2.05, 4.69) is 20.6 Å². The van der Waals surface area contributed by atoms with E-state index in [1.807, 2.05) is 0 Å². The van der Waals surface area contributed by atoms with Crippen molar-refractivity contribution in [3.63, 3.8) is 0 Å².